The van der Waals surface area contributed by atoms with Gasteiger partial charge in [-0.15, -0.1) is 0 Å². The monoisotopic (exact) mass is 264 g/mol. The van der Waals surface area contributed by atoms with Crippen LogP contribution >= 0.6 is 0 Å². The number of methoxy groups -OCH3 is 2. The lowest BCUT2D eigenvalue weighted by molar-refractivity contribution is -0.138. The van der Waals surface area contributed by atoms with E-state index in [9.17, 15) is 13.2 Å². The average molecular weight is 264 g/mol. The molecular weight excluding hydrogens is 249 g/mol. The molecule has 0 spiro atoms. The molecule has 0 atom stereocenters. The van der Waals surface area contributed by atoms with E-state index in [0.29, 0.717) is 18.4 Å². The van der Waals surface area contributed by atoms with Gasteiger partial charge in [0, 0.05) is 6.61 Å². The van der Waals surface area contributed by atoms with Crippen LogP contribution in [0.5, 0.6) is 11.5 Å². The first-order valence-electron chi connectivity index (χ1n) is 5.37. The normalized spacial score (nSPS) is 11.4. The summed E-state index contributed by atoms with van der Waals surface area (Å²) in [5.41, 5.74) is -0.411. The third-order valence-corrected chi connectivity index (χ3v) is 2.47. The Labute approximate surface area is 103 Å². The minimum absolute atomic E-state index is 0.0419. The highest BCUT2D eigenvalue weighted by atomic mass is 19.4. The average Bonchev–Trinajstić information content (AvgIpc) is 2.33. The number of hydrogen-bond acceptors (Lipinski definition) is 3. The molecule has 1 N–H and O–H groups in total. The molecule has 0 radical (unpaired) electrons. The highest BCUT2D eigenvalue weighted by Gasteiger charge is 2.36. The van der Waals surface area contributed by atoms with Gasteiger partial charge in [0.2, 0.25) is 0 Å². The number of ether oxygens (including phenoxy) is 2. The minimum Gasteiger partial charge on any atom is -0.493 e. The van der Waals surface area contributed by atoms with Gasteiger partial charge in [0.25, 0.3) is 0 Å². The van der Waals surface area contributed by atoms with Crippen molar-refractivity contribution in [3.05, 3.63) is 23.3 Å². The molecule has 102 valence electrons. The largest absolute Gasteiger partial charge is 0.493 e. The van der Waals surface area contributed by atoms with E-state index in [4.69, 9.17) is 14.6 Å². The maximum atomic E-state index is 12.9. The third-order valence-electron chi connectivity index (χ3n) is 2.47. The smallest absolute Gasteiger partial charge is 0.420 e. The number of aryl methyl sites for hydroxylation is 1. The van der Waals surface area contributed by atoms with Crippen molar-refractivity contribution in [2.75, 3.05) is 20.8 Å². The first kappa shape index (κ1) is 14.6. The van der Waals surface area contributed by atoms with Crippen molar-refractivity contribution in [1.82, 2.24) is 0 Å². The van der Waals surface area contributed by atoms with Gasteiger partial charge in [-0.05, 0) is 30.5 Å². The van der Waals surface area contributed by atoms with Gasteiger partial charge >= 0.3 is 6.18 Å². The van der Waals surface area contributed by atoms with E-state index in [2.05, 4.69) is 0 Å². The summed E-state index contributed by atoms with van der Waals surface area (Å²) in [6.45, 7) is -0.0737. The summed E-state index contributed by atoms with van der Waals surface area (Å²) < 4.78 is 48.3. The van der Waals surface area contributed by atoms with Gasteiger partial charge in [-0.25, -0.2) is 0 Å². The first-order chi connectivity index (χ1) is 8.43. The standard InChI is InChI=1S/C12H15F3O3/c1-17-10-7-8(4-3-5-16)6-9(11(10)18-2)12(13,14)15/h6-7,16H,3-5H2,1-2H3. The molecule has 1 rings (SSSR count). The van der Waals surface area contributed by atoms with Gasteiger partial charge in [-0.1, -0.05) is 0 Å². The van der Waals surface area contributed by atoms with E-state index in [0.717, 1.165) is 6.07 Å². The van der Waals surface area contributed by atoms with Crippen LogP contribution in [0.3, 0.4) is 0 Å². The number of benzene rings is 1. The zero-order valence-corrected chi connectivity index (χ0v) is 10.2. The molecule has 0 unspecified atom stereocenters. The Morgan fingerprint density at radius 3 is 2.28 bits per heavy atom. The molecule has 0 fully saturated rings. The van der Waals surface area contributed by atoms with Crippen LogP contribution < -0.4 is 9.47 Å². The van der Waals surface area contributed by atoms with E-state index in [1.165, 1.54) is 20.3 Å². The summed E-state index contributed by atoms with van der Waals surface area (Å²) in [7, 11) is 2.45. The predicted octanol–water partition coefficient (Wildman–Crippen LogP) is 2.65. The Hall–Kier alpha value is -1.43. The summed E-state index contributed by atoms with van der Waals surface area (Å²) in [6, 6.07) is 2.51. The first-order valence-corrected chi connectivity index (χ1v) is 5.37. The van der Waals surface area contributed by atoms with Gasteiger partial charge in [0.1, 0.15) is 5.56 Å². The Balaban J connectivity index is 3.27. The highest BCUT2D eigenvalue weighted by molar-refractivity contribution is 5.50. The van der Waals surface area contributed by atoms with Crippen molar-refractivity contribution >= 4 is 0 Å². The van der Waals surface area contributed by atoms with Crippen molar-refractivity contribution in [2.24, 2.45) is 0 Å². The highest BCUT2D eigenvalue weighted by Crippen LogP contribution is 2.42. The number of rotatable bonds is 5. The summed E-state index contributed by atoms with van der Waals surface area (Å²) in [5.74, 6) is -0.280. The number of halogens is 3. The van der Waals surface area contributed by atoms with E-state index in [1.807, 2.05) is 0 Å². The van der Waals surface area contributed by atoms with Gasteiger partial charge in [0.05, 0.1) is 14.2 Å². The second kappa shape index (κ2) is 5.95. The molecule has 0 aliphatic carbocycles. The van der Waals surface area contributed by atoms with Gasteiger partial charge in [-0.3, -0.25) is 0 Å². The lowest BCUT2D eigenvalue weighted by atomic mass is 10.0. The van der Waals surface area contributed by atoms with Crippen LogP contribution in [0.4, 0.5) is 13.2 Å². The van der Waals surface area contributed by atoms with E-state index >= 15 is 0 Å². The lowest BCUT2D eigenvalue weighted by Gasteiger charge is -2.16. The van der Waals surface area contributed by atoms with Crippen LogP contribution in [0, 0.1) is 0 Å². The van der Waals surface area contributed by atoms with Crippen molar-refractivity contribution in [2.45, 2.75) is 19.0 Å². The van der Waals surface area contributed by atoms with Crippen LogP contribution in [0.1, 0.15) is 17.5 Å². The Morgan fingerprint density at radius 1 is 1.17 bits per heavy atom. The molecule has 18 heavy (non-hydrogen) atoms. The topological polar surface area (TPSA) is 38.7 Å². The van der Waals surface area contributed by atoms with Crippen LogP contribution in [0.2, 0.25) is 0 Å². The van der Waals surface area contributed by atoms with Crippen molar-refractivity contribution < 1.29 is 27.8 Å². The second-order valence-electron chi connectivity index (χ2n) is 3.70. The summed E-state index contributed by atoms with van der Waals surface area (Å²) in [6.07, 6.45) is -3.76. The number of hydrogen-bond donors (Lipinski definition) is 1. The number of aliphatic hydroxyl groups excluding tert-OH is 1. The molecule has 3 nitrogen and oxygen atoms in total. The van der Waals surface area contributed by atoms with Gasteiger partial charge in [0.15, 0.2) is 11.5 Å². The zero-order chi connectivity index (χ0) is 13.8. The van der Waals surface area contributed by atoms with Crippen molar-refractivity contribution in [3.63, 3.8) is 0 Å². The van der Waals surface area contributed by atoms with E-state index < -0.39 is 11.7 Å². The van der Waals surface area contributed by atoms with Crippen LogP contribution in [0.25, 0.3) is 0 Å². The second-order valence-corrected chi connectivity index (χ2v) is 3.70. The van der Waals surface area contributed by atoms with Crippen LogP contribution in [-0.2, 0) is 12.6 Å². The Morgan fingerprint density at radius 2 is 1.83 bits per heavy atom. The molecule has 0 saturated heterocycles. The fourth-order valence-corrected chi connectivity index (χ4v) is 1.66. The molecule has 6 heteroatoms. The maximum Gasteiger partial charge on any atom is 0.420 e. The molecule has 0 aromatic heterocycles. The predicted molar refractivity (Wildman–Crippen MR) is 60.0 cm³/mol. The Kier molecular flexibility index (Phi) is 4.84. The fourth-order valence-electron chi connectivity index (χ4n) is 1.66. The van der Waals surface area contributed by atoms with Gasteiger partial charge in [-0.2, -0.15) is 13.2 Å². The zero-order valence-electron chi connectivity index (χ0n) is 10.2. The molecule has 0 aliphatic rings. The molecule has 1 aromatic carbocycles. The molecule has 0 heterocycles. The van der Waals surface area contributed by atoms with Crippen molar-refractivity contribution in [1.29, 1.82) is 0 Å². The Bertz CT molecular complexity index is 402. The number of alkyl halides is 3. The fraction of sp³-hybridized carbons (Fsp3) is 0.500. The van der Waals surface area contributed by atoms with Crippen LogP contribution in [-0.4, -0.2) is 25.9 Å². The third kappa shape index (κ3) is 3.29. The van der Waals surface area contributed by atoms with Crippen molar-refractivity contribution in [3.8, 4) is 11.5 Å². The van der Waals surface area contributed by atoms with Gasteiger partial charge < -0.3 is 14.6 Å². The lowest BCUT2D eigenvalue weighted by Crippen LogP contribution is -2.09. The SMILES string of the molecule is COc1cc(CCCO)cc(C(F)(F)F)c1OC. The van der Waals surface area contributed by atoms with E-state index in [-0.39, 0.29) is 18.1 Å². The quantitative estimate of drug-likeness (QED) is 0.888. The summed E-state index contributed by atoms with van der Waals surface area (Å²) >= 11 is 0. The summed E-state index contributed by atoms with van der Waals surface area (Å²) in [4.78, 5) is 0. The van der Waals surface area contributed by atoms with E-state index in [1.54, 1.807) is 0 Å². The molecule has 1 aromatic rings. The molecule has 0 bridgehead atoms. The minimum atomic E-state index is -4.51. The molecule has 0 amide bonds. The molecule has 0 aliphatic heterocycles. The maximum absolute atomic E-state index is 12.9. The molecule has 0 saturated carbocycles. The number of aliphatic hydroxyl groups is 1. The molecular formula is C12H15F3O3. The van der Waals surface area contributed by atoms with Crippen LogP contribution in [0.15, 0.2) is 12.1 Å². The summed E-state index contributed by atoms with van der Waals surface area (Å²) in [5, 5.41) is 8.71.